The first-order chi connectivity index (χ1) is 18.9. The first-order valence-corrected chi connectivity index (χ1v) is 14.1. The molecule has 6 heteroatoms. The van der Waals surface area contributed by atoms with Crippen LogP contribution >= 0.6 is 0 Å². The van der Waals surface area contributed by atoms with E-state index in [2.05, 4.69) is 11.8 Å². The molecule has 4 N–H and O–H groups in total. The maximum absolute atomic E-state index is 13.5. The number of carbonyl (C=O) groups is 1. The summed E-state index contributed by atoms with van der Waals surface area (Å²) in [6.45, 7) is 3.68. The molecule has 208 valence electrons. The van der Waals surface area contributed by atoms with E-state index in [1.807, 2.05) is 84.9 Å². The number of nitrogens with zero attached hydrogens (tertiary/aromatic N) is 1. The summed E-state index contributed by atoms with van der Waals surface area (Å²) in [6, 6.07) is 27.5. The van der Waals surface area contributed by atoms with Crippen molar-refractivity contribution in [2.24, 2.45) is 5.73 Å². The third-order valence-corrected chi connectivity index (χ3v) is 8.27. The Kier molecular flexibility index (Phi) is 9.78. The van der Waals surface area contributed by atoms with E-state index in [1.165, 1.54) is 0 Å². The molecule has 1 heterocycles. The molecule has 0 saturated carbocycles. The molecular weight excluding hydrogens is 488 g/mol. The number of unbranched alkanes of at least 4 members (excludes halogenated alkanes) is 1. The van der Waals surface area contributed by atoms with Crippen LogP contribution in [0.4, 0.5) is 0 Å². The van der Waals surface area contributed by atoms with Gasteiger partial charge in [0.25, 0.3) is 0 Å². The van der Waals surface area contributed by atoms with Crippen molar-refractivity contribution in [3.05, 3.63) is 102 Å². The predicted octanol–water partition coefficient (Wildman–Crippen LogP) is 4.76. The fourth-order valence-corrected chi connectivity index (χ4v) is 6.10. The summed E-state index contributed by atoms with van der Waals surface area (Å²) in [5, 5.41) is 21.0. The lowest BCUT2D eigenvalue weighted by atomic mass is 9.68. The summed E-state index contributed by atoms with van der Waals surface area (Å²) in [7, 11) is 0. The summed E-state index contributed by atoms with van der Waals surface area (Å²) in [6.07, 6.45) is 4.72. The number of carbonyl (C=O) groups excluding carboxylic acids is 1. The van der Waals surface area contributed by atoms with Gasteiger partial charge in [-0.15, -0.1) is 0 Å². The first kappa shape index (κ1) is 28.8. The monoisotopic (exact) mass is 530 g/mol. The number of piperidine rings is 1. The van der Waals surface area contributed by atoms with Crippen LogP contribution in [0.5, 0.6) is 5.75 Å². The van der Waals surface area contributed by atoms with Crippen molar-refractivity contribution in [2.45, 2.75) is 62.5 Å². The zero-order chi connectivity index (χ0) is 27.7. The number of likely N-dealkylation sites (tertiary alicyclic amines) is 1. The number of aliphatic hydroxyl groups excluding tert-OH is 1. The molecule has 3 aromatic carbocycles. The number of ether oxygens (including phenoxy) is 1. The Morgan fingerprint density at radius 1 is 0.974 bits per heavy atom. The summed E-state index contributed by atoms with van der Waals surface area (Å²) in [4.78, 5) is 15.9. The summed E-state index contributed by atoms with van der Waals surface area (Å²) >= 11 is 0. The minimum absolute atomic E-state index is 0.0793. The van der Waals surface area contributed by atoms with E-state index in [9.17, 15) is 15.0 Å². The van der Waals surface area contributed by atoms with Crippen LogP contribution < -0.4 is 10.5 Å². The van der Waals surface area contributed by atoms with Crippen LogP contribution in [0.2, 0.25) is 0 Å². The predicted molar refractivity (Wildman–Crippen MR) is 155 cm³/mol. The minimum Gasteiger partial charge on any atom is -0.491 e. The summed E-state index contributed by atoms with van der Waals surface area (Å²) < 4.78 is 5.75. The van der Waals surface area contributed by atoms with Crippen molar-refractivity contribution in [2.75, 3.05) is 26.3 Å². The van der Waals surface area contributed by atoms with Crippen molar-refractivity contribution in [3.8, 4) is 5.75 Å². The van der Waals surface area contributed by atoms with E-state index in [0.29, 0.717) is 38.1 Å². The van der Waals surface area contributed by atoms with Crippen LogP contribution in [0.3, 0.4) is 0 Å². The number of benzene rings is 3. The second kappa shape index (κ2) is 13.2. The summed E-state index contributed by atoms with van der Waals surface area (Å²) in [5.74, 6) is 0.274. The van der Waals surface area contributed by atoms with Crippen molar-refractivity contribution in [3.63, 3.8) is 0 Å². The Hall–Kier alpha value is -3.19. The highest BCUT2D eigenvalue weighted by atomic mass is 16.5. The Labute approximate surface area is 232 Å². The van der Waals surface area contributed by atoms with E-state index in [1.54, 1.807) is 0 Å². The van der Waals surface area contributed by atoms with Gasteiger partial charge in [0.2, 0.25) is 5.91 Å². The van der Waals surface area contributed by atoms with Gasteiger partial charge in [-0.25, -0.2) is 0 Å². The number of nitrogens with two attached hydrogens (primary N) is 1. The number of hydrogen-bond donors (Lipinski definition) is 3. The molecule has 1 aliphatic heterocycles. The maximum Gasteiger partial charge on any atom is 0.232 e. The molecule has 0 aliphatic carbocycles. The fourth-order valence-electron chi connectivity index (χ4n) is 6.10. The Morgan fingerprint density at radius 2 is 1.54 bits per heavy atom. The van der Waals surface area contributed by atoms with Gasteiger partial charge < -0.3 is 25.6 Å². The van der Waals surface area contributed by atoms with Gasteiger partial charge in [0.15, 0.2) is 0 Å². The lowest BCUT2D eigenvalue weighted by Gasteiger charge is -2.45. The molecule has 1 fully saturated rings. The van der Waals surface area contributed by atoms with Crippen LogP contribution in [-0.2, 0) is 15.8 Å². The largest absolute Gasteiger partial charge is 0.491 e. The van der Waals surface area contributed by atoms with Gasteiger partial charge in [0.1, 0.15) is 17.8 Å². The SMILES string of the molecule is CCCCC(CC(C(N)=O)(c1ccccc1)c1ccccc1)N1CCC(O)(c2ccccc2OCCO)CC1. The van der Waals surface area contributed by atoms with E-state index in [-0.39, 0.29) is 25.2 Å². The molecule has 1 saturated heterocycles. The zero-order valence-electron chi connectivity index (χ0n) is 23.0. The standard InChI is InChI=1S/C33H42N2O4/c1-2-3-16-28(25-33(31(34)37,26-12-6-4-7-13-26)27-14-8-5-9-15-27)35-21-19-32(38,20-22-35)29-17-10-11-18-30(29)39-24-23-36/h4-15,17-18,28,36,38H,2-3,16,19-25H2,1H3,(H2,34,37). The number of rotatable bonds is 13. The van der Waals surface area contributed by atoms with E-state index >= 15 is 0 Å². The molecule has 4 rings (SSSR count). The fraction of sp³-hybridized carbons (Fsp3) is 0.424. The Balaban J connectivity index is 1.63. The van der Waals surface area contributed by atoms with Crippen molar-refractivity contribution in [1.29, 1.82) is 0 Å². The molecule has 0 bridgehead atoms. The Morgan fingerprint density at radius 3 is 2.08 bits per heavy atom. The van der Waals surface area contributed by atoms with Gasteiger partial charge in [0, 0.05) is 24.7 Å². The average Bonchev–Trinajstić information content (AvgIpc) is 2.98. The number of hydrogen-bond acceptors (Lipinski definition) is 5. The average molecular weight is 531 g/mol. The van der Waals surface area contributed by atoms with Gasteiger partial charge in [-0.3, -0.25) is 4.79 Å². The van der Waals surface area contributed by atoms with Crippen LogP contribution in [0, 0.1) is 0 Å². The topological polar surface area (TPSA) is 96.0 Å². The first-order valence-electron chi connectivity index (χ1n) is 14.1. The van der Waals surface area contributed by atoms with Gasteiger partial charge in [-0.2, -0.15) is 0 Å². The number of amides is 1. The van der Waals surface area contributed by atoms with E-state index < -0.39 is 11.0 Å². The molecule has 1 atom stereocenters. The van der Waals surface area contributed by atoms with Gasteiger partial charge in [-0.1, -0.05) is 98.6 Å². The van der Waals surface area contributed by atoms with Gasteiger partial charge in [-0.05, 0) is 42.9 Å². The normalized spacial score (nSPS) is 16.5. The molecule has 0 aromatic heterocycles. The van der Waals surface area contributed by atoms with Gasteiger partial charge in [0.05, 0.1) is 12.2 Å². The van der Waals surface area contributed by atoms with E-state index in [4.69, 9.17) is 10.5 Å². The lowest BCUT2D eigenvalue weighted by Crippen LogP contribution is -2.52. The molecule has 1 amide bonds. The molecular formula is C33H42N2O4. The highest BCUT2D eigenvalue weighted by Gasteiger charge is 2.45. The second-order valence-corrected chi connectivity index (χ2v) is 10.6. The molecule has 39 heavy (non-hydrogen) atoms. The number of aliphatic hydroxyl groups is 2. The maximum atomic E-state index is 13.5. The Bertz CT molecular complexity index is 1140. The molecule has 6 nitrogen and oxygen atoms in total. The lowest BCUT2D eigenvalue weighted by molar-refractivity contribution is -0.123. The third-order valence-electron chi connectivity index (χ3n) is 8.27. The van der Waals surface area contributed by atoms with Crippen LogP contribution in [0.1, 0.15) is 62.1 Å². The number of primary amides is 1. The highest BCUT2D eigenvalue weighted by molar-refractivity contribution is 5.91. The molecule has 1 unspecified atom stereocenters. The summed E-state index contributed by atoms with van der Waals surface area (Å²) in [5.41, 5.74) is 6.90. The molecule has 3 aromatic rings. The van der Waals surface area contributed by atoms with Gasteiger partial charge >= 0.3 is 0 Å². The van der Waals surface area contributed by atoms with Crippen molar-refractivity contribution < 1.29 is 19.7 Å². The molecule has 1 aliphatic rings. The molecule has 0 radical (unpaired) electrons. The van der Waals surface area contributed by atoms with Crippen molar-refractivity contribution >= 4 is 5.91 Å². The minimum atomic E-state index is -1.02. The molecule has 0 spiro atoms. The number of para-hydroxylation sites is 1. The highest BCUT2D eigenvalue weighted by Crippen LogP contribution is 2.42. The van der Waals surface area contributed by atoms with Crippen LogP contribution in [0.15, 0.2) is 84.9 Å². The van der Waals surface area contributed by atoms with Crippen LogP contribution in [-0.4, -0.2) is 53.4 Å². The van der Waals surface area contributed by atoms with Crippen molar-refractivity contribution in [1.82, 2.24) is 4.90 Å². The smallest absolute Gasteiger partial charge is 0.232 e. The quantitative estimate of drug-likeness (QED) is 0.296. The van der Waals surface area contributed by atoms with E-state index in [0.717, 1.165) is 36.0 Å². The zero-order valence-corrected chi connectivity index (χ0v) is 23.0. The third kappa shape index (κ3) is 6.35. The second-order valence-electron chi connectivity index (χ2n) is 10.6. The van der Waals surface area contributed by atoms with Crippen LogP contribution in [0.25, 0.3) is 0 Å².